The average molecular weight is 242 g/mol. The summed E-state index contributed by atoms with van der Waals surface area (Å²) in [6, 6.07) is 4.80. The molecule has 94 valence electrons. The van der Waals surface area contributed by atoms with E-state index in [1.165, 1.54) is 13.2 Å². The number of carboxylic acid groups (broad SMARTS) is 1. The molecular formula is C12H15FO4. The first-order valence-electron chi connectivity index (χ1n) is 5.05. The van der Waals surface area contributed by atoms with Crippen LogP contribution in [0.5, 0.6) is 5.75 Å². The zero-order valence-electron chi connectivity index (χ0n) is 9.90. The molecule has 0 saturated heterocycles. The molecule has 1 rings (SSSR count). The molecule has 0 aliphatic carbocycles. The average Bonchev–Trinajstić information content (AvgIpc) is 2.27. The maximum atomic E-state index is 13.5. The van der Waals surface area contributed by atoms with E-state index in [-0.39, 0.29) is 11.3 Å². The fourth-order valence-corrected chi connectivity index (χ4v) is 1.59. The Morgan fingerprint density at radius 2 is 2.12 bits per heavy atom. The number of benzene rings is 1. The van der Waals surface area contributed by atoms with E-state index in [2.05, 4.69) is 0 Å². The Labute approximate surface area is 98.7 Å². The fourth-order valence-electron chi connectivity index (χ4n) is 1.59. The summed E-state index contributed by atoms with van der Waals surface area (Å²) in [5.41, 5.74) is -1.24. The third-order valence-electron chi connectivity index (χ3n) is 2.61. The van der Waals surface area contributed by atoms with Crippen molar-refractivity contribution in [2.45, 2.75) is 25.6 Å². The van der Waals surface area contributed by atoms with E-state index >= 15 is 0 Å². The predicted octanol–water partition coefficient (Wildman–Crippen LogP) is 1.63. The van der Waals surface area contributed by atoms with Crippen LogP contribution in [0.4, 0.5) is 4.39 Å². The Hall–Kier alpha value is -1.62. The van der Waals surface area contributed by atoms with Crippen molar-refractivity contribution in [3.05, 3.63) is 29.3 Å². The van der Waals surface area contributed by atoms with Gasteiger partial charge in [-0.2, -0.15) is 0 Å². The molecule has 2 atom stereocenters. The largest absolute Gasteiger partial charge is 0.496 e. The molecule has 0 aliphatic heterocycles. The number of aliphatic hydroxyl groups is 1. The zero-order chi connectivity index (χ0) is 13.2. The fraction of sp³-hybridized carbons (Fsp3) is 0.417. The van der Waals surface area contributed by atoms with Crippen molar-refractivity contribution < 1.29 is 24.1 Å². The van der Waals surface area contributed by atoms with E-state index < -0.39 is 17.7 Å². The molecule has 0 saturated carbocycles. The van der Waals surface area contributed by atoms with Gasteiger partial charge in [0.25, 0.3) is 0 Å². The lowest BCUT2D eigenvalue weighted by Gasteiger charge is -2.27. The van der Waals surface area contributed by atoms with Gasteiger partial charge < -0.3 is 14.9 Å². The van der Waals surface area contributed by atoms with Gasteiger partial charge in [-0.05, 0) is 26.0 Å². The summed E-state index contributed by atoms with van der Waals surface area (Å²) in [5, 5.41) is 18.7. The smallest absolute Gasteiger partial charge is 0.341 e. The minimum atomic E-state index is -2.42. The van der Waals surface area contributed by atoms with Gasteiger partial charge in [0.1, 0.15) is 11.4 Å². The monoisotopic (exact) mass is 242 g/mol. The summed E-state index contributed by atoms with van der Waals surface area (Å²) in [6.45, 7) is 2.87. The summed E-state index contributed by atoms with van der Waals surface area (Å²) < 4.78 is 18.5. The standard InChI is InChI=1S/C12H15FO4/c1-7-4-5-9(17-3)8(6-7)12(2,16)10(13)11(14)15/h4-6,10,16H,1-3H3,(H,14,15). The van der Waals surface area contributed by atoms with Crippen LogP contribution in [0.25, 0.3) is 0 Å². The van der Waals surface area contributed by atoms with Crippen molar-refractivity contribution in [2.75, 3.05) is 7.11 Å². The Balaban J connectivity index is 3.30. The van der Waals surface area contributed by atoms with Gasteiger partial charge in [0.15, 0.2) is 0 Å². The Bertz CT molecular complexity index is 429. The molecule has 0 bridgehead atoms. The molecule has 0 fully saturated rings. The van der Waals surface area contributed by atoms with Crippen LogP contribution < -0.4 is 4.74 Å². The van der Waals surface area contributed by atoms with Crippen LogP contribution in [0, 0.1) is 6.92 Å². The van der Waals surface area contributed by atoms with Crippen molar-refractivity contribution in [1.82, 2.24) is 0 Å². The molecule has 2 N–H and O–H groups in total. The lowest BCUT2D eigenvalue weighted by atomic mass is 9.89. The first-order valence-corrected chi connectivity index (χ1v) is 5.05. The van der Waals surface area contributed by atoms with Crippen LogP contribution in [0.3, 0.4) is 0 Å². The van der Waals surface area contributed by atoms with E-state index in [0.29, 0.717) is 0 Å². The van der Waals surface area contributed by atoms with E-state index in [1.54, 1.807) is 19.1 Å². The molecule has 0 heterocycles. The van der Waals surface area contributed by atoms with Gasteiger partial charge in [-0.25, -0.2) is 9.18 Å². The van der Waals surface area contributed by atoms with Crippen molar-refractivity contribution in [3.63, 3.8) is 0 Å². The van der Waals surface area contributed by atoms with Crippen LogP contribution in [0.1, 0.15) is 18.1 Å². The second-order valence-electron chi connectivity index (χ2n) is 4.05. The van der Waals surface area contributed by atoms with Crippen molar-refractivity contribution >= 4 is 5.97 Å². The third-order valence-corrected chi connectivity index (χ3v) is 2.61. The van der Waals surface area contributed by atoms with E-state index in [1.807, 2.05) is 0 Å². The second-order valence-corrected chi connectivity index (χ2v) is 4.05. The number of aryl methyl sites for hydroxylation is 1. The summed E-state index contributed by atoms with van der Waals surface area (Å²) in [6.07, 6.45) is -2.42. The number of methoxy groups -OCH3 is 1. The van der Waals surface area contributed by atoms with Gasteiger partial charge in [0, 0.05) is 5.56 Å². The van der Waals surface area contributed by atoms with Crippen LogP contribution in [-0.4, -0.2) is 29.5 Å². The number of aliphatic carboxylic acids is 1. The molecule has 17 heavy (non-hydrogen) atoms. The molecular weight excluding hydrogens is 227 g/mol. The van der Waals surface area contributed by atoms with Gasteiger partial charge in [-0.1, -0.05) is 11.6 Å². The summed E-state index contributed by atoms with van der Waals surface area (Å²) in [4.78, 5) is 10.6. The van der Waals surface area contributed by atoms with Crippen LogP contribution in [0.2, 0.25) is 0 Å². The van der Waals surface area contributed by atoms with E-state index in [4.69, 9.17) is 9.84 Å². The molecule has 0 radical (unpaired) electrons. The van der Waals surface area contributed by atoms with Crippen molar-refractivity contribution in [2.24, 2.45) is 0 Å². The van der Waals surface area contributed by atoms with Gasteiger partial charge in [-0.3, -0.25) is 0 Å². The van der Waals surface area contributed by atoms with Crippen molar-refractivity contribution in [3.8, 4) is 5.75 Å². The SMILES string of the molecule is COc1ccc(C)cc1C(C)(O)C(F)C(=O)O. The first kappa shape index (κ1) is 13.4. The number of ether oxygens (including phenoxy) is 1. The molecule has 2 unspecified atom stereocenters. The van der Waals surface area contributed by atoms with E-state index in [9.17, 15) is 14.3 Å². The Morgan fingerprint density at radius 3 is 2.59 bits per heavy atom. The van der Waals surface area contributed by atoms with Gasteiger partial charge >= 0.3 is 5.97 Å². The van der Waals surface area contributed by atoms with Gasteiger partial charge in [0.05, 0.1) is 7.11 Å². The van der Waals surface area contributed by atoms with Crippen LogP contribution in [-0.2, 0) is 10.4 Å². The Morgan fingerprint density at radius 1 is 1.53 bits per heavy atom. The molecule has 0 amide bonds. The van der Waals surface area contributed by atoms with Gasteiger partial charge in [-0.15, -0.1) is 0 Å². The maximum absolute atomic E-state index is 13.5. The number of carboxylic acids is 1. The second kappa shape index (κ2) is 4.71. The van der Waals surface area contributed by atoms with Gasteiger partial charge in [0.2, 0.25) is 6.17 Å². The molecule has 1 aromatic carbocycles. The molecule has 1 aromatic rings. The maximum Gasteiger partial charge on any atom is 0.341 e. The first-order chi connectivity index (χ1) is 7.80. The summed E-state index contributed by atoms with van der Waals surface area (Å²) in [7, 11) is 1.37. The molecule has 0 spiro atoms. The predicted molar refractivity (Wildman–Crippen MR) is 59.8 cm³/mol. The zero-order valence-corrected chi connectivity index (χ0v) is 9.90. The minimum Gasteiger partial charge on any atom is -0.496 e. The minimum absolute atomic E-state index is 0.120. The lowest BCUT2D eigenvalue weighted by molar-refractivity contribution is -0.153. The van der Waals surface area contributed by atoms with Crippen molar-refractivity contribution in [1.29, 1.82) is 0 Å². The number of rotatable bonds is 4. The molecule has 0 aromatic heterocycles. The molecule has 0 aliphatic rings. The number of alkyl halides is 1. The summed E-state index contributed by atoms with van der Waals surface area (Å²) >= 11 is 0. The highest BCUT2D eigenvalue weighted by molar-refractivity contribution is 5.74. The molecule has 5 heteroatoms. The quantitative estimate of drug-likeness (QED) is 0.842. The highest BCUT2D eigenvalue weighted by Crippen LogP contribution is 2.34. The number of halogens is 1. The normalized spacial score (nSPS) is 16.1. The number of carbonyl (C=O) groups is 1. The van der Waals surface area contributed by atoms with Crippen LogP contribution >= 0.6 is 0 Å². The summed E-state index contributed by atoms with van der Waals surface area (Å²) in [5.74, 6) is -1.46. The highest BCUT2D eigenvalue weighted by atomic mass is 19.1. The molecule has 4 nitrogen and oxygen atoms in total. The lowest BCUT2D eigenvalue weighted by Crippen LogP contribution is -2.39. The Kier molecular flexibility index (Phi) is 3.72. The van der Waals surface area contributed by atoms with Crippen LogP contribution in [0.15, 0.2) is 18.2 Å². The third kappa shape index (κ3) is 2.55. The number of hydrogen-bond donors (Lipinski definition) is 2. The highest BCUT2D eigenvalue weighted by Gasteiger charge is 2.41. The number of hydrogen-bond acceptors (Lipinski definition) is 3. The van der Waals surface area contributed by atoms with E-state index in [0.717, 1.165) is 12.5 Å². The topological polar surface area (TPSA) is 66.8 Å².